The molecule has 0 fully saturated rings. The van der Waals surface area contributed by atoms with Crippen molar-refractivity contribution in [2.45, 2.75) is 26.7 Å². The van der Waals surface area contributed by atoms with Gasteiger partial charge in [-0.3, -0.25) is 14.6 Å². The van der Waals surface area contributed by atoms with E-state index in [0.29, 0.717) is 23.2 Å². The third-order valence-corrected chi connectivity index (χ3v) is 5.58. The fourth-order valence-corrected chi connectivity index (χ4v) is 3.90. The van der Waals surface area contributed by atoms with Gasteiger partial charge in [-0.15, -0.1) is 0 Å². The highest BCUT2D eigenvalue weighted by atomic mass is 16.5. The normalized spacial score (nSPS) is 12.9. The molecular formula is C24H22N2O4. The Morgan fingerprint density at radius 2 is 1.93 bits per heavy atom. The third-order valence-electron chi connectivity index (χ3n) is 5.58. The number of carbonyl (C=O) groups is 3. The monoisotopic (exact) mass is 402 g/mol. The maximum Gasteiger partial charge on any atom is 0.340 e. The van der Waals surface area contributed by atoms with Crippen molar-refractivity contribution in [2.24, 2.45) is 0 Å². The van der Waals surface area contributed by atoms with Crippen LogP contribution in [0.15, 0.2) is 42.5 Å². The number of amides is 1. The zero-order valence-corrected chi connectivity index (χ0v) is 17.2. The number of rotatable bonds is 5. The number of aromatic nitrogens is 1. The molecular weight excluding hydrogens is 380 g/mol. The average Bonchev–Trinajstić information content (AvgIpc) is 3.04. The van der Waals surface area contributed by atoms with E-state index < -0.39 is 5.97 Å². The summed E-state index contributed by atoms with van der Waals surface area (Å²) in [5.41, 5.74) is 4.74. The Morgan fingerprint density at radius 3 is 2.70 bits per heavy atom. The summed E-state index contributed by atoms with van der Waals surface area (Å²) in [7, 11) is 1.71. The molecule has 0 atom stereocenters. The number of benzene rings is 2. The SMILES string of the molecule is CCc1nc2ccccc2c(C)c1C(=O)OCC(=O)c1ccc2c(c1)CC(=O)N2C. The first-order chi connectivity index (χ1) is 14.4. The average molecular weight is 402 g/mol. The summed E-state index contributed by atoms with van der Waals surface area (Å²) in [6, 6.07) is 12.8. The lowest BCUT2D eigenvalue weighted by atomic mass is 10.0. The summed E-state index contributed by atoms with van der Waals surface area (Å²) in [5.74, 6) is -0.864. The zero-order valence-electron chi connectivity index (χ0n) is 17.2. The number of hydrogen-bond acceptors (Lipinski definition) is 5. The molecule has 2 aromatic carbocycles. The van der Waals surface area contributed by atoms with E-state index in [2.05, 4.69) is 4.98 Å². The molecule has 1 aliphatic rings. The molecule has 0 bridgehead atoms. The van der Waals surface area contributed by atoms with Gasteiger partial charge in [-0.05, 0) is 48.7 Å². The molecule has 0 N–H and O–H groups in total. The van der Waals surface area contributed by atoms with Crippen molar-refractivity contribution in [3.8, 4) is 0 Å². The second-order valence-electron chi connectivity index (χ2n) is 7.40. The van der Waals surface area contributed by atoms with Crippen LogP contribution >= 0.6 is 0 Å². The number of aryl methyl sites for hydroxylation is 2. The van der Waals surface area contributed by atoms with Gasteiger partial charge in [-0.2, -0.15) is 0 Å². The molecule has 0 aliphatic carbocycles. The number of Topliss-reactive ketones (excluding diaryl/α,β-unsaturated/α-hetero) is 1. The number of esters is 1. The van der Waals surface area contributed by atoms with Gasteiger partial charge < -0.3 is 9.64 Å². The van der Waals surface area contributed by atoms with Gasteiger partial charge in [0.05, 0.1) is 23.2 Å². The number of para-hydroxylation sites is 1. The van der Waals surface area contributed by atoms with Crippen molar-refractivity contribution in [3.63, 3.8) is 0 Å². The second kappa shape index (κ2) is 7.71. The van der Waals surface area contributed by atoms with Crippen LogP contribution in [0.4, 0.5) is 5.69 Å². The first kappa shape index (κ1) is 19.8. The van der Waals surface area contributed by atoms with E-state index in [4.69, 9.17) is 4.74 Å². The summed E-state index contributed by atoms with van der Waals surface area (Å²) in [6.07, 6.45) is 0.852. The molecule has 2 heterocycles. The van der Waals surface area contributed by atoms with Crippen LogP contribution in [0, 0.1) is 6.92 Å². The second-order valence-corrected chi connectivity index (χ2v) is 7.40. The van der Waals surface area contributed by atoms with E-state index in [-0.39, 0.29) is 24.7 Å². The quantitative estimate of drug-likeness (QED) is 0.481. The van der Waals surface area contributed by atoms with E-state index >= 15 is 0 Å². The van der Waals surface area contributed by atoms with Gasteiger partial charge in [-0.1, -0.05) is 25.1 Å². The first-order valence-corrected chi connectivity index (χ1v) is 9.88. The number of ketones is 1. The molecule has 0 saturated carbocycles. The Morgan fingerprint density at radius 1 is 1.17 bits per heavy atom. The minimum Gasteiger partial charge on any atom is -0.454 e. The highest BCUT2D eigenvalue weighted by Crippen LogP contribution is 2.28. The molecule has 3 aromatic rings. The van der Waals surface area contributed by atoms with Crippen molar-refractivity contribution in [2.75, 3.05) is 18.6 Å². The first-order valence-electron chi connectivity index (χ1n) is 9.88. The van der Waals surface area contributed by atoms with Crippen LogP contribution in [0.3, 0.4) is 0 Å². The maximum atomic E-state index is 12.8. The molecule has 0 saturated heterocycles. The Hall–Kier alpha value is -3.54. The molecule has 6 heteroatoms. The molecule has 1 amide bonds. The van der Waals surface area contributed by atoms with Crippen molar-refractivity contribution in [1.29, 1.82) is 0 Å². The number of pyridine rings is 1. The molecule has 152 valence electrons. The summed E-state index contributed by atoms with van der Waals surface area (Å²) >= 11 is 0. The van der Waals surface area contributed by atoms with Crippen LogP contribution in [-0.4, -0.2) is 36.3 Å². The van der Waals surface area contributed by atoms with E-state index in [1.54, 1.807) is 30.1 Å². The summed E-state index contributed by atoms with van der Waals surface area (Å²) in [5, 5.41) is 0.889. The van der Waals surface area contributed by atoms with E-state index in [1.807, 2.05) is 38.1 Å². The smallest absolute Gasteiger partial charge is 0.340 e. The minimum atomic E-state index is -0.549. The maximum absolute atomic E-state index is 12.8. The summed E-state index contributed by atoms with van der Waals surface area (Å²) < 4.78 is 5.37. The van der Waals surface area contributed by atoms with Crippen molar-refractivity contribution in [1.82, 2.24) is 4.98 Å². The summed E-state index contributed by atoms with van der Waals surface area (Å²) in [4.78, 5) is 43.4. The lowest BCUT2D eigenvalue weighted by molar-refractivity contribution is -0.117. The molecule has 30 heavy (non-hydrogen) atoms. The lowest BCUT2D eigenvalue weighted by Gasteiger charge is -2.13. The van der Waals surface area contributed by atoms with Gasteiger partial charge in [0.25, 0.3) is 0 Å². The number of fused-ring (bicyclic) bond motifs is 2. The highest BCUT2D eigenvalue weighted by molar-refractivity contribution is 6.05. The standard InChI is InChI=1S/C24H22N2O4/c1-4-18-23(14(2)17-7-5-6-8-19(17)25-18)24(29)30-13-21(27)15-9-10-20-16(11-15)12-22(28)26(20)3/h5-11H,4,12-13H2,1-3H3. The van der Waals surface area contributed by atoms with E-state index in [1.165, 1.54) is 0 Å². The number of carbonyl (C=O) groups excluding carboxylic acids is 3. The number of nitrogens with zero attached hydrogens (tertiary/aromatic N) is 2. The predicted molar refractivity (Wildman–Crippen MR) is 114 cm³/mol. The minimum absolute atomic E-state index is 0.00704. The number of ether oxygens (including phenoxy) is 1. The van der Waals surface area contributed by atoms with Crippen LogP contribution in [0.25, 0.3) is 10.9 Å². The van der Waals surface area contributed by atoms with Crippen LogP contribution in [-0.2, 0) is 22.4 Å². The number of likely N-dealkylation sites (N-methyl/N-ethyl adjacent to an activating group) is 1. The fourth-order valence-electron chi connectivity index (χ4n) is 3.90. The molecule has 1 aliphatic heterocycles. The van der Waals surface area contributed by atoms with Gasteiger partial charge >= 0.3 is 5.97 Å². The third kappa shape index (κ3) is 3.34. The van der Waals surface area contributed by atoms with Crippen LogP contribution < -0.4 is 4.90 Å². The van der Waals surface area contributed by atoms with Gasteiger partial charge in [-0.25, -0.2) is 4.79 Å². The zero-order chi connectivity index (χ0) is 21.4. The largest absolute Gasteiger partial charge is 0.454 e. The van der Waals surface area contributed by atoms with Crippen molar-refractivity contribution >= 4 is 34.3 Å². The van der Waals surface area contributed by atoms with Gasteiger partial charge in [0, 0.05) is 23.7 Å². The Labute approximate surface area is 174 Å². The Balaban J connectivity index is 1.54. The van der Waals surface area contributed by atoms with Gasteiger partial charge in [0.15, 0.2) is 12.4 Å². The number of hydrogen-bond donors (Lipinski definition) is 0. The van der Waals surface area contributed by atoms with Crippen LogP contribution in [0.2, 0.25) is 0 Å². The van der Waals surface area contributed by atoms with Crippen molar-refractivity contribution < 1.29 is 19.1 Å². The Bertz CT molecular complexity index is 1200. The van der Waals surface area contributed by atoms with Crippen LogP contribution in [0.5, 0.6) is 0 Å². The lowest BCUT2D eigenvalue weighted by Crippen LogP contribution is -2.20. The molecule has 6 nitrogen and oxygen atoms in total. The predicted octanol–water partition coefficient (Wildman–Crippen LogP) is 3.66. The highest BCUT2D eigenvalue weighted by Gasteiger charge is 2.25. The fraction of sp³-hybridized carbons (Fsp3) is 0.250. The topological polar surface area (TPSA) is 76.6 Å². The molecule has 0 radical (unpaired) electrons. The van der Waals surface area contributed by atoms with E-state index in [9.17, 15) is 14.4 Å². The number of anilines is 1. The molecule has 1 aromatic heterocycles. The molecule has 0 spiro atoms. The van der Waals surface area contributed by atoms with E-state index in [0.717, 1.165) is 27.7 Å². The summed E-state index contributed by atoms with van der Waals surface area (Å²) in [6.45, 7) is 3.44. The molecule has 4 rings (SSSR count). The van der Waals surface area contributed by atoms with Crippen molar-refractivity contribution in [3.05, 3.63) is 70.4 Å². The molecule has 0 unspecified atom stereocenters. The van der Waals surface area contributed by atoms with Crippen LogP contribution in [0.1, 0.15) is 44.5 Å². The Kier molecular flexibility index (Phi) is 5.08. The van der Waals surface area contributed by atoms with Gasteiger partial charge in [0.1, 0.15) is 0 Å². The van der Waals surface area contributed by atoms with Gasteiger partial charge in [0.2, 0.25) is 5.91 Å².